The molecule has 0 unspecified atom stereocenters. The third kappa shape index (κ3) is 4.77. The zero-order chi connectivity index (χ0) is 18.7. The number of thioether (sulfide) groups is 2. The van der Waals surface area contributed by atoms with Crippen molar-refractivity contribution in [3.05, 3.63) is 40.8 Å². The van der Waals surface area contributed by atoms with Crippen molar-refractivity contribution in [3.63, 3.8) is 0 Å². The van der Waals surface area contributed by atoms with Gasteiger partial charge in [0.2, 0.25) is 5.91 Å². The van der Waals surface area contributed by atoms with Crippen LogP contribution >= 0.6 is 34.9 Å². The van der Waals surface area contributed by atoms with Crippen molar-refractivity contribution in [3.8, 4) is 0 Å². The quantitative estimate of drug-likeness (QED) is 0.409. The van der Waals surface area contributed by atoms with Gasteiger partial charge in [0.25, 0.3) is 0 Å². The van der Waals surface area contributed by atoms with Gasteiger partial charge < -0.3 is 15.3 Å². The monoisotopic (exact) mass is 407 g/mol. The van der Waals surface area contributed by atoms with E-state index in [0.717, 1.165) is 20.0 Å². The van der Waals surface area contributed by atoms with Gasteiger partial charge in [-0.2, -0.15) is 0 Å². The van der Waals surface area contributed by atoms with Gasteiger partial charge in [0, 0.05) is 11.4 Å². The molecule has 10 heteroatoms. The average Bonchev–Trinajstić information content (AvgIpc) is 3.17. The fraction of sp³-hybridized carbons (Fsp3) is 0.250. The second kappa shape index (κ2) is 8.11. The number of fused-ring (bicyclic) bond motifs is 1. The first-order valence-electron chi connectivity index (χ1n) is 7.71. The number of imidazole rings is 1. The SMILES string of the molecule is C=C(C)CSc1nnc(S[C@@H](C)C(=O)Nc2ccc3[nH]c(=O)[nH]c3c2)s1. The van der Waals surface area contributed by atoms with Gasteiger partial charge in [-0.15, -0.1) is 10.2 Å². The van der Waals surface area contributed by atoms with Crippen LogP contribution < -0.4 is 11.0 Å². The Kier molecular flexibility index (Phi) is 5.84. The molecule has 136 valence electrons. The minimum atomic E-state index is -0.331. The summed E-state index contributed by atoms with van der Waals surface area (Å²) in [6.07, 6.45) is 0. The minimum Gasteiger partial charge on any atom is -0.325 e. The van der Waals surface area contributed by atoms with Gasteiger partial charge in [0.1, 0.15) is 0 Å². The lowest BCUT2D eigenvalue weighted by Gasteiger charge is -2.10. The second-order valence-corrected chi connectivity index (χ2v) is 9.46. The number of hydrogen-bond donors (Lipinski definition) is 3. The van der Waals surface area contributed by atoms with Crippen LogP contribution in [0.2, 0.25) is 0 Å². The van der Waals surface area contributed by atoms with Crippen LogP contribution in [0.1, 0.15) is 13.8 Å². The van der Waals surface area contributed by atoms with E-state index in [1.165, 1.54) is 23.1 Å². The maximum absolute atomic E-state index is 12.4. The van der Waals surface area contributed by atoms with Crippen LogP contribution in [0.25, 0.3) is 11.0 Å². The molecule has 26 heavy (non-hydrogen) atoms. The van der Waals surface area contributed by atoms with Crippen LogP contribution in [0.3, 0.4) is 0 Å². The Hall–Kier alpha value is -2.04. The van der Waals surface area contributed by atoms with Crippen molar-refractivity contribution in [2.75, 3.05) is 11.1 Å². The molecule has 0 fully saturated rings. The molecule has 1 amide bonds. The van der Waals surface area contributed by atoms with E-state index >= 15 is 0 Å². The van der Waals surface area contributed by atoms with Crippen LogP contribution in [0.5, 0.6) is 0 Å². The van der Waals surface area contributed by atoms with E-state index in [1.807, 2.05) is 13.8 Å². The van der Waals surface area contributed by atoms with E-state index in [0.29, 0.717) is 16.7 Å². The van der Waals surface area contributed by atoms with E-state index in [-0.39, 0.29) is 16.8 Å². The number of nitrogens with zero attached hydrogens (tertiary/aromatic N) is 2. The predicted molar refractivity (Wildman–Crippen MR) is 108 cm³/mol. The second-order valence-electron chi connectivity index (χ2n) is 5.67. The van der Waals surface area contributed by atoms with Gasteiger partial charge in [-0.1, -0.05) is 47.0 Å². The smallest absolute Gasteiger partial charge is 0.323 e. The minimum absolute atomic E-state index is 0.140. The summed E-state index contributed by atoms with van der Waals surface area (Å²) in [5.41, 5.74) is 2.78. The molecule has 0 aliphatic carbocycles. The van der Waals surface area contributed by atoms with E-state index in [4.69, 9.17) is 0 Å². The lowest BCUT2D eigenvalue weighted by atomic mass is 10.2. The van der Waals surface area contributed by atoms with Gasteiger partial charge in [-0.05, 0) is 32.0 Å². The number of H-pyrrole nitrogens is 2. The van der Waals surface area contributed by atoms with Gasteiger partial charge in [0.15, 0.2) is 8.68 Å². The molecule has 0 spiro atoms. The van der Waals surface area contributed by atoms with E-state index in [9.17, 15) is 9.59 Å². The maximum Gasteiger partial charge on any atom is 0.323 e. The summed E-state index contributed by atoms with van der Waals surface area (Å²) in [5, 5.41) is 10.8. The maximum atomic E-state index is 12.4. The zero-order valence-corrected chi connectivity index (χ0v) is 16.6. The zero-order valence-electron chi connectivity index (χ0n) is 14.2. The number of rotatable bonds is 7. The topological polar surface area (TPSA) is 104 Å². The van der Waals surface area contributed by atoms with E-state index in [2.05, 4.69) is 32.1 Å². The predicted octanol–water partition coefficient (Wildman–Crippen LogP) is 3.50. The Labute approximate surface area is 162 Å². The Morgan fingerprint density at radius 2 is 2.04 bits per heavy atom. The summed E-state index contributed by atoms with van der Waals surface area (Å²) >= 11 is 4.43. The third-order valence-corrected chi connectivity index (χ3v) is 6.73. The number of carbonyl (C=O) groups is 1. The Morgan fingerprint density at radius 3 is 2.81 bits per heavy atom. The molecule has 0 saturated carbocycles. The highest BCUT2D eigenvalue weighted by Crippen LogP contribution is 2.32. The van der Waals surface area contributed by atoms with Crippen LogP contribution in [-0.4, -0.2) is 37.1 Å². The van der Waals surface area contributed by atoms with E-state index < -0.39 is 0 Å². The molecular formula is C16H17N5O2S3. The standard InChI is InChI=1S/C16H17N5O2S3/c1-8(2)7-24-15-20-21-16(26-15)25-9(3)13(22)17-10-4-5-11-12(6-10)19-14(23)18-11/h4-6,9H,1,7H2,2-3H3,(H,17,22)(H2,18,19,23)/t9-/m0/s1. The van der Waals surface area contributed by atoms with Gasteiger partial charge in [-0.3, -0.25) is 4.79 Å². The van der Waals surface area contributed by atoms with Crippen LogP contribution in [0.15, 0.2) is 43.8 Å². The molecule has 0 aliphatic heterocycles. The van der Waals surface area contributed by atoms with Crippen molar-refractivity contribution >= 4 is 57.5 Å². The first-order chi connectivity index (χ1) is 12.4. The lowest BCUT2D eigenvalue weighted by Crippen LogP contribution is -2.22. The molecule has 7 nitrogen and oxygen atoms in total. The molecular weight excluding hydrogens is 390 g/mol. The first kappa shape index (κ1) is 18.7. The van der Waals surface area contributed by atoms with Gasteiger partial charge in [0.05, 0.1) is 16.3 Å². The van der Waals surface area contributed by atoms with Crippen molar-refractivity contribution < 1.29 is 4.79 Å². The largest absolute Gasteiger partial charge is 0.325 e. The number of anilines is 1. The van der Waals surface area contributed by atoms with Crippen LogP contribution in [0.4, 0.5) is 5.69 Å². The van der Waals surface area contributed by atoms with Crippen molar-refractivity contribution in [1.29, 1.82) is 0 Å². The van der Waals surface area contributed by atoms with Crippen LogP contribution in [-0.2, 0) is 4.79 Å². The number of hydrogen-bond acceptors (Lipinski definition) is 7. The molecule has 3 aromatic rings. The Morgan fingerprint density at radius 1 is 1.31 bits per heavy atom. The molecule has 0 radical (unpaired) electrons. The van der Waals surface area contributed by atoms with Gasteiger partial charge >= 0.3 is 5.69 Å². The number of aromatic amines is 2. The number of carbonyl (C=O) groups excluding carboxylic acids is 1. The highest BCUT2D eigenvalue weighted by atomic mass is 32.2. The highest BCUT2D eigenvalue weighted by molar-refractivity contribution is 8.04. The lowest BCUT2D eigenvalue weighted by molar-refractivity contribution is -0.115. The molecule has 0 saturated heterocycles. The van der Waals surface area contributed by atoms with Crippen molar-refractivity contribution in [2.24, 2.45) is 0 Å². The highest BCUT2D eigenvalue weighted by Gasteiger charge is 2.18. The molecule has 0 aliphatic rings. The fourth-order valence-corrected chi connectivity index (χ4v) is 5.05. The summed E-state index contributed by atoms with van der Waals surface area (Å²) in [7, 11) is 0. The molecule has 3 rings (SSSR count). The van der Waals surface area contributed by atoms with E-state index in [1.54, 1.807) is 30.0 Å². The van der Waals surface area contributed by atoms with Gasteiger partial charge in [-0.25, -0.2) is 4.79 Å². The summed E-state index contributed by atoms with van der Waals surface area (Å²) < 4.78 is 1.62. The number of amides is 1. The summed E-state index contributed by atoms with van der Waals surface area (Å²) in [4.78, 5) is 29.0. The normalized spacial score (nSPS) is 12.2. The summed E-state index contributed by atoms with van der Waals surface area (Å²) in [5.74, 6) is 0.664. The number of aromatic nitrogens is 4. The number of nitrogens with one attached hydrogen (secondary N) is 3. The Bertz CT molecular complexity index is 1010. The molecule has 1 aromatic carbocycles. The third-order valence-electron chi connectivity index (χ3n) is 3.26. The summed E-state index contributed by atoms with van der Waals surface area (Å²) in [6, 6.07) is 5.22. The molecule has 3 N–H and O–H groups in total. The fourth-order valence-electron chi connectivity index (χ4n) is 2.05. The number of benzene rings is 1. The Balaban J connectivity index is 1.60. The average molecular weight is 408 g/mol. The van der Waals surface area contributed by atoms with Crippen molar-refractivity contribution in [2.45, 2.75) is 27.8 Å². The van der Waals surface area contributed by atoms with Crippen molar-refractivity contribution in [1.82, 2.24) is 20.2 Å². The molecule has 2 heterocycles. The van der Waals surface area contributed by atoms with Crippen LogP contribution in [0, 0.1) is 0 Å². The first-order valence-corrected chi connectivity index (χ1v) is 10.4. The molecule has 1 atom stereocenters. The molecule has 2 aromatic heterocycles. The summed E-state index contributed by atoms with van der Waals surface area (Å²) in [6.45, 7) is 7.65. The molecule has 0 bridgehead atoms.